The number of aromatic nitrogens is 2. The van der Waals surface area contributed by atoms with Gasteiger partial charge in [0.2, 0.25) is 0 Å². The van der Waals surface area contributed by atoms with Gasteiger partial charge >= 0.3 is 0 Å². The van der Waals surface area contributed by atoms with Gasteiger partial charge in [-0.15, -0.1) is 0 Å². The highest BCUT2D eigenvalue weighted by molar-refractivity contribution is 6.30. The Morgan fingerprint density at radius 1 is 0.893 bits per heavy atom. The van der Waals surface area contributed by atoms with Crippen LogP contribution in [0, 0.1) is 0 Å². The molecule has 28 heavy (non-hydrogen) atoms. The lowest BCUT2D eigenvalue weighted by Crippen LogP contribution is -2.25. The molecule has 0 saturated carbocycles. The van der Waals surface area contributed by atoms with Crippen molar-refractivity contribution in [2.75, 3.05) is 11.9 Å². The zero-order valence-electron chi connectivity index (χ0n) is 15.3. The number of benzene rings is 2. The highest BCUT2D eigenvalue weighted by Crippen LogP contribution is 2.29. The molecular weight excluding hydrogens is 370 g/mol. The molecular formula is C23H18ClN3O. The lowest BCUT2D eigenvalue weighted by Gasteiger charge is -2.24. The van der Waals surface area contributed by atoms with Crippen molar-refractivity contribution in [2.24, 2.45) is 0 Å². The molecule has 0 N–H and O–H groups in total. The fourth-order valence-electron chi connectivity index (χ4n) is 3.13. The largest absolute Gasteiger partial charge is 0.329 e. The van der Waals surface area contributed by atoms with Crippen LogP contribution in [0.4, 0.5) is 11.5 Å². The zero-order chi connectivity index (χ0) is 19.5. The first-order valence-electron chi connectivity index (χ1n) is 8.86. The number of nitrogens with zero attached hydrogens (tertiary/aromatic N) is 3. The minimum Gasteiger partial charge on any atom is -0.329 e. The van der Waals surface area contributed by atoms with E-state index in [2.05, 4.69) is 4.98 Å². The van der Waals surface area contributed by atoms with Crippen LogP contribution in [0.2, 0.25) is 5.02 Å². The SMILES string of the molecule is CN(c1cccnc1)c1cc(-c2ccccc2)cc(=O)n1-c1ccc(Cl)cc1. The molecule has 0 aliphatic heterocycles. The number of rotatable bonds is 4. The Hall–Kier alpha value is -3.37. The van der Waals surface area contributed by atoms with Gasteiger partial charge in [0.25, 0.3) is 5.56 Å². The van der Waals surface area contributed by atoms with Crippen molar-refractivity contribution >= 4 is 23.1 Å². The average Bonchev–Trinajstić information content (AvgIpc) is 2.75. The fraction of sp³-hybridized carbons (Fsp3) is 0.0435. The van der Waals surface area contributed by atoms with E-state index in [9.17, 15) is 4.79 Å². The first kappa shape index (κ1) is 18.0. The molecule has 138 valence electrons. The van der Waals surface area contributed by atoms with E-state index >= 15 is 0 Å². The van der Waals surface area contributed by atoms with Crippen LogP contribution in [-0.2, 0) is 0 Å². The molecule has 4 nitrogen and oxygen atoms in total. The van der Waals surface area contributed by atoms with E-state index in [1.807, 2.05) is 72.6 Å². The van der Waals surface area contributed by atoms with Crippen molar-refractivity contribution < 1.29 is 0 Å². The van der Waals surface area contributed by atoms with Gasteiger partial charge in [-0.25, -0.2) is 0 Å². The van der Waals surface area contributed by atoms with Gasteiger partial charge in [-0.2, -0.15) is 0 Å². The zero-order valence-corrected chi connectivity index (χ0v) is 16.0. The van der Waals surface area contributed by atoms with Gasteiger partial charge in [0.15, 0.2) is 0 Å². The van der Waals surface area contributed by atoms with Crippen molar-refractivity contribution in [1.82, 2.24) is 9.55 Å². The second kappa shape index (κ2) is 7.71. The maximum atomic E-state index is 13.1. The highest BCUT2D eigenvalue weighted by atomic mass is 35.5. The molecule has 2 heterocycles. The van der Waals surface area contributed by atoms with E-state index in [0.29, 0.717) is 5.02 Å². The van der Waals surface area contributed by atoms with Gasteiger partial charge in [-0.05, 0) is 53.6 Å². The van der Waals surface area contributed by atoms with Crippen LogP contribution >= 0.6 is 11.6 Å². The molecule has 4 rings (SSSR count). The Balaban J connectivity index is 1.94. The van der Waals surface area contributed by atoms with Gasteiger partial charge < -0.3 is 4.90 Å². The lowest BCUT2D eigenvalue weighted by atomic mass is 10.1. The third-order valence-electron chi connectivity index (χ3n) is 4.58. The quantitative estimate of drug-likeness (QED) is 0.475. The summed E-state index contributed by atoms with van der Waals surface area (Å²) in [5.41, 5.74) is 3.37. The first-order chi connectivity index (χ1) is 13.6. The number of anilines is 2. The predicted molar refractivity (Wildman–Crippen MR) is 115 cm³/mol. The molecule has 0 saturated heterocycles. The van der Waals surface area contributed by atoms with Crippen molar-refractivity contribution in [3.8, 4) is 16.8 Å². The normalized spacial score (nSPS) is 10.6. The fourth-order valence-corrected chi connectivity index (χ4v) is 3.26. The monoisotopic (exact) mass is 387 g/mol. The maximum Gasteiger partial charge on any atom is 0.257 e. The summed E-state index contributed by atoms with van der Waals surface area (Å²) >= 11 is 6.04. The molecule has 0 fully saturated rings. The summed E-state index contributed by atoms with van der Waals surface area (Å²) in [7, 11) is 1.92. The Kier molecular flexibility index (Phi) is 4.96. The van der Waals surface area contributed by atoms with Gasteiger partial charge in [-0.1, -0.05) is 41.9 Å². The number of hydrogen-bond donors (Lipinski definition) is 0. The van der Waals surface area contributed by atoms with E-state index in [-0.39, 0.29) is 5.56 Å². The van der Waals surface area contributed by atoms with E-state index < -0.39 is 0 Å². The van der Waals surface area contributed by atoms with Gasteiger partial charge in [-0.3, -0.25) is 14.3 Å². The lowest BCUT2D eigenvalue weighted by molar-refractivity contribution is 0.949. The summed E-state index contributed by atoms with van der Waals surface area (Å²) in [6.45, 7) is 0. The molecule has 0 aliphatic carbocycles. The third-order valence-corrected chi connectivity index (χ3v) is 4.83. The van der Waals surface area contributed by atoms with E-state index in [1.165, 1.54) is 0 Å². The van der Waals surface area contributed by atoms with Crippen molar-refractivity contribution in [2.45, 2.75) is 0 Å². The van der Waals surface area contributed by atoms with E-state index in [1.54, 1.807) is 35.2 Å². The highest BCUT2D eigenvalue weighted by Gasteiger charge is 2.15. The molecule has 4 aromatic rings. The molecule has 2 aromatic carbocycles. The van der Waals surface area contributed by atoms with Crippen LogP contribution in [-0.4, -0.2) is 16.6 Å². The van der Waals surface area contributed by atoms with Crippen LogP contribution in [0.5, 0.6) is 0 Å². The van der Waals surface area contributed by atoms with Crippen LogP contribution in [0.1, 0.15) is 0 Å². The molecule has 5 heteroatoms. The van der Waals surface area contributed by atoms with Crippen LogP contribution < -0.4 is 10.5 Å². The molecule has 0 radical (unpaired) electrons. The van der Waals surface area contributed by atoms with Crippen LogP contribution in [0.25, 0.3) is 16.8 Å². The van der Waals surface area contributed by atoms with E-state index in [4.69, 9.17) is 11.6 Å². The summed E-state index contributed by atoms with van der Waals surface area (Å²) in [6, 6.07) is 24.6. The number of halogens is 1. The topological polar surface area (TPSA) is 38.1 Å². The van der Waals surface area contributed by atoms with Gasteiger partial charge in [0.1, 0.15) is 5.82 Å². The summed E-state index contributed by atoms with van der Waals surface area (Å²) in [4.78, 5) is 19.3. The summed E-state index contributed by atoms with van der Waals surface area (Å²) in [5, 5.41) is 0.625. The smallest absolute Gasteiger partial charge is 0.257 e. The standard InChI is InChI=1S/C23H18ClN3O/c1-26(21-8-5-13-25-16-21)22-14-18(17-6-3-2-4-7-17)15-23(28)27(22)20-11-9-19(24)10-12-20/h2-16H,1H3. The predicted octanol–water partition coefficient (Wildman–Crippen LogP) is 5.32. The maximum absolute atomic E-state index is 13.1. The second-order valence-corrected chi connectivity index (χ2v) is 6.82. The minimum absolute atomic E-state index is 0.116. The Morgan fingerprint density at radius 3 is 2.32 bits per heavy atom. The molecule has 2 aromatic heterocycles. The first-order valence-corrected chi connectivity index (χ1v) is 9.23. The minimum atomic E-state index is -0.116. The van der Waals surface area contributed by atoms with Gasteiger partial charge in [0, 0.05) is 24.3 Å². The van der Waals surface area contributed by atoms with Gasteiger partial charge in [0.05, 0.1) is 17.6 Å². The van der Waals surface area contributed by atoms with Crippen molar-refractivity contribution in [1.29, 1.82) is 0 Å². The molecule has 0 bridgehead atoms. The Bertz CT molecular complexity index is 1140. The molecule has 0 unspecified atom stereocenters. The Morgan fingerprint density at radius 2 is 1.64 bits per heavy atom. The second-order valence-electron chi connectivity index (χ2n) is 6.39. The van der Waals surface area contributed by atoms with Crippen LogP contribution in [0.15, 0.2) is 96.1 Å². The summed E-state index contributed by atoms with van der Waals surface area (Å²) < 4.78 is 1.68. The molecule has 0 amide bonds. The van der Waals surface area contributed by atoms with E-state index in [0.717, 1.165) is 28.3 Å². The van der Waals surface area contributed by atoms with Crippen LogP contribution in [0.3, 0.4) is 0 Å². The average molecular weight is 388 g/mol. The summed E-state index contributed by atoms with van der Waals surface area (Å²) in [6.07, 6.45) is 3.50. The van der Waals surface area contributed by atoms with Crippen molar-refractivity contribution in [3.05, 3.63) is 107 Å². The molecule has 0 atom stereocenters. The Labute approximate surface area is 168 Å². The molecule has 0 spiro atoms. The third kappa shape index (κ3) is 3.55. The van der Waals surface area contributed by atoms with Crippen molar-refractivity contribution in [3.63, 3.8) is 0 Å². The molecule has 0 aliphatic rings. The number of hydrogen-bond acceptors (Lipinski definition) is 3. The summed E-state index contributed by atoms with van der Waals surface area (Å²) in [5.74, 6) is 0.738. The number of pyridine rings is 2.